The zero-order chi connectivity index (χ0) is 12.6. The highest BCUT2D eigenvalue weighted by Gasteiger charge is 1.91. The normalized spacial score (nSPS) is 11.4. The van der Waals surface area contributed by atoms with E-state index >= 15 is 0 Å². The summed E-state index contributed by atoms with van der Waals surface area (Å²) < 4.78 is 0. The molecule has 0 heterocycles. The van der Waals surface area contributed by atoms with Gasteiger partial charge in [0.2, 0.25) is 0 Å². The minimum absolute atomic E-state index is 0.644. The topological polar surface area (TPSA) is 23.8 Å². The van der Waals surface area contributed by atoms with E-state index in [9.17, 15) is 0 Å². The Kier molecular flexibility index (Phi) is 4.11. The first-order valence-corrected chi connectivity index (χ1v) is 5.78. The third-order valence-electron chi connectivity index (χ3n) is 2.51. The van der Waals surface area contributed by atoms with Gasteiger partial charge >= 0.3 is 0 Å². The van der Waals surface area contributed by atoms with Gasteiger partial charge < -0.3 is 0 Å². The first-order chi connectivity index (χ1) is 8.88. The minimum atomic E-state index is 0.644. The van der Waals surface area contributed by atoms with E-state index in [0.29, 0.717) is 5.57 Å². The zero-order valence-electron chi connectivity index (χ0n) is 9.95. The molecule has 0 aliphatic heterocycles. The summed E-state index contributed by atoms with van der Waals surface area (Å²) in [6, 6.07) is 22.0. The number of hydrogen-bond acceptors (Lipinski definition) is 1. The van der Waals surface area contributed by atoms with Crippen molar-refractivity contribution in [3.63, 3.8) is 0 Å². The Morgan fingerprint density at radius 2 is 1.39 bits per heavy atom. The molecule has 0 bridgehead atoms. The third-order valence-corrected chi connectivity index (χ3v) is 2.51. The Morgan fingerprint density at radius 1 is 0.833 bits per heavy atom. The largest absolute Gasteiger partial charge is 0.192 e. The second-order valence-corrected chi connectivity index (χ2v) is 3.87. The monoisotopic (exact) mass is 231 g/mol. The second kappa shape index (κ2) is 6.22. The Balaban J connectivity index is 2.19. The molecule has 1 heteroatoms. The fraction of sp³-hybridized carbons (Fsp3) is 0. The fourth-order valence-corrected chi connectivity index (χ4v) is 1.60. The third kappa shape index (κ3) is 3.47. The van der Waals surface area contributed by atoms with Gasteiger partial charge in [-0.1, -0.05) is 66.7 Å². The van der Waals surface area contributed by atoms with Gasteiger partial charge in [-0.15, -0.1) is 0 Å². The predicted molar refractivity (Wildman–Crippen MR) is 75.5 cm³/mol. The SMILES string of the molecule is N#CC(=C\c1ccccc1)/C=C/c1ccccc1. The first-order valence-electron chi connectivity index (χ1n) is 5.78. The summed E-state index contributed by atoms with van der Waals surface area (Å²) in [5.74, 6) is 0. The van der Waals surface area contributed by atoms with Gasteiger partial charge in [-0.2, -0.15) is 5.26 Å². The number of nitrogens with zero attached hydrogens (tertiary/aromatic N) is 1. The maximum absolute atomic E-state index is 9.10. The van der Waals surface area contributed by atoms with E-state index in [1.54, 1.807) is 0 Å². The molecule has 0 atom stereocenters. The van der Waals surface area contributed by atoms with Crippen molar-refractivity contribution in [3.8, 4) is 6.07 Å². The summed E-state index contributed by atoms with van der Waals surface area (Å²) in [5, 5.41) is 9.10. The van der Waals surface area contributed by atoms with Crippen molar-refractivity contribution in [1.82, 2.24) is 0 Å². The molecule has 2 rings (SSSR count). The number of rotatable bonds is 3. The van der Waals surface area contributed by atoms with Crippen LogP contribution >= 0.6 is 0 Å². The maximum Gasteiger partial charge on any atom is 0.0991 e. The second-order valence-electron chi connectivity index (χ2n) is 3.87. The minimum Gasteiger partial charge on any atom is -0.192 e. The van der Waals surface area contributed by atoms with Gasteiger partial charge in [0, 0.05) is 0 Å². The van der Waals surface area contributed by atoms with Crippen LogP contribution in [-0.4, -0.2) is 0 Å². The number of benzene rings is 2. The predicted octanol–water partition coefficient (Wildman–Crippen LogP) is 4.31. The highest BCUT2D eigenvalue weighted by Crippen LogP contribution is 2.09. The van der Waals surface area contributed by atoms with E-state index in [-0.39, 0.29) is 0 Å². The lowest BCUT2D eigenvalue weighted by Crippen LogP contribution is -1.75. The molecule has 86 valence electrons. The molecule has 0 saturated carbocycles. The lowest BCUT2D eigenvalue weighted by molar-refractivity contribution is 1.50. The van der Waals surface area contributed by atoms with Gasteiger partial charge in [-0.25, -0.2) is 0 Å². The summed E-state index contributed by atoms with van der Waals surface area (Å²) in [4.78, 5) is 0. The van der Waals surface area contributed by atoms with E-state index in [0.717, 1.165) is 11.1 Å². The van der Waals surface area contributed by atoms with Crippen LogP contribution in [0.5, 0.6) is 0 Å². The highest BCUT2D eigenvalue weighted by atomic mass is 14.2. The maximum atomic E-state index is 9.10. The molecular weight excluding hydrogens is 218 g/mol. The molecule has 0 fully saturated rings. The van der Waals surface area contributed by atoms with Gasteiger partial charge in [-0.3, -0.25) is 0 Å². The molecule has 0 aromatic heterocycles. The molecule has 0 aliphatic carbocycles. The van der Waals surface area contributed by atoms with Crippen molar-refractivity contribution >= 4 is 12.2 Å². The van der Waals surface area contributed by atoms with Crippen LogP contribution in [0.4, 0.5) is 0 Å². The van der Waals surface area contributed by atoms with Crippen LogP contribution in [0.1, 0.15) is 11.1 Å². The number of nitriles is 1. The van der Waals surface area contributed by atoms with Gasteiger partial charge in [0.15, 0.2) is 0 Å². The van der Waals surface area contributed by atoms with Gasteiger partial charge in [-0.05, 0) is 23.3 Å². The van der Waals surface area contributed by atoms with Gasteiger partial charge in [0.1, 0.15) is 0 Å². The quantitative estimate of drug-likeness (QED) is 0.570. The van der Waals surface area contributed by atoms with Crippen molar-refractivity contribution in [2.75, 3.05) is 0 Å². The van der Waals surface area contributed by atoms with Crippen LogP contribution in [0.2, 0.25) is 0 Å². The molecule has 0 saturated heterocycles. The molecule has 0 aliphatic rings. The van der Waals surface area contributed by atoms with Crippen molar-refractivity contribution in [3.05, 3.63) is 83.4 Å². The fourth-order valence-electron chi connectivity index (χ4n) is 1.60. The van der Waals surface area contributed by atoms with Crippen molar-refractivity contribution in [2.24, 2.45) is 0 Å². The first kappa shape index (κ1) is 11.9. The van der Waals surface area contributed by atoms with Crippen molar-refractivity contribution in [2.45, 2.75) is 0 Å². The molecule has 1 nitrogen and oxygen atoms in total. The smallest absolute Gasteiger partial charge is 0.0991 e. The van der Waals surface area contributed by atoms with Crippen LogP contribution in [0.25, 0.3) is 12.2 Å². The van der Waals surface area contributed by atoms with E-state index in [1.165, 1.54) is 0 Å². The Morgan fingerprint density at radius 3 is 1.94 bits per heavy atom. The summed E-state index contributed by atoms with van der Waals surface area (Å²) >= 11 is 0. The molecule has 0 spiro atoms. The van der Waals surface area contributed by atoms with Gasteiger partial charge in [0.05, 0.1) is 11.6 Å². The van der Waals surface area contributed by atoms with E-state index in [4.69, 9.17) is 5.26 Å². The average Bonchev–Trinajstić information content (AvgIpc) is 2.45. The van der Waals surface area contributed by atoms with Crippen LogP contribution in [-0.2, 0) is 0 Å². The number of allylic oxidation sites excluding steroid dienone is 2. The number of hydrogen-bond donors (Lipinski definition) is 0. The van der Waals surface area contributed by atoms with Crippen LogP contribution in [0.3, 0.4) is 0 Å². The van der Waals surface area contributed by atoms with Crippen molar-refractivity contribution < 1.29 is 0 Å². The standard InChI is InChI=1S/C17H13N/c18-14-17(13-16-9-5-2-6-10-16)12-11-15-7-3-1-4-8-15/h1-13H/b12-11+,17-13-. The van der Waals surface area contributed by atoms with Crippen LogP contribution < -0.4 is 0 Å². The average molecular weight is 231 g/mol. The summed E-state index contributed by atoms with van der Waals surface area (Å²) in [6.45, 7) is 0. The molecule has 18 heavy (non-hydrogen) atoms. The van der Waals surface area contributed by atoms with E-state index in [1.807, 2.05) is 78.9 Å². The molecule has 2 aromatic carbocycles. The van der Waals surface area contributed by atoms with Crippen LogP contribution in [0.15, 0.2) is 72.3 Å². The van der Waals surface area contributed by atoms with Crippen LogP contribution in [0, 0.1) is 11.3 Å². The lowest BCUT2D eigenvalue weighted by Gasteiger charge is -1.94. The Bertz CT molecular complexity index is 587. The summed E-state index contributed by atoms with van der Waals surface area (Å²) in [6.07, 6.45) is 5.65. The molecule has 0 radical (unpaired) electrons. The summed E-state index contributed by atoms with van der Waals surface area (Å²) in [5.41, 5.74) is 2.77. The molecule has 2 aromatic rings. The molecule has 0 unspecified atom stereocenters. The highest BCUT2D eigenvalue weighted by molar-refractivity contribution is 5.65. The molecule has 0 amide bonds. The summed E-state index contributed by atoms with van der Waals surface area (Å²) in [7, 11) is 0. The lowest BCUT2D eigenvalue weighted by atomic mass is 10.1. The zero-order valence-corrected chi connectivity index (χ0v) is 9.95. The molecule has 0 N–H and O–H groups in total. The Hall–Kier alpha value is -2.59. The van der Waals surface area contributed by atoms with Crippen molar-refractivity contribution in [1.29, 1.82) is 5.26 Å². The van der Waals surface area contributed by atoms with E-state index < -0.39 is 0 Å². The molecular formula is C17H13N. The van der Waals surface area contributed by atoms with E-state index in [2.05, 4.69) is 6.07 Å². The van der Waals surface area contributed by atoms with Gasteiger partial charge in [0.25, 0.3) is 0 Å². The Labute approximate surface area is 107 Å².